The molecule has 0 bridgehead atoms. The second-order valence-electron chi connectivity index (χ2n) is 7.97. The molecule has 3 aromatic carbocycles. The number of carbonyl (C=O) groups is 3. The number of hydrogen-bond acceptors (Lipinski definition) is 4. The van der Waals surface area contributed by atoms with Gasteiger partial charge in [-0.25, -0.2) is 0 Å². The van der Waals surface area contributed by atoms with Gasteiger partial charge < -0.3 is 15.0 Å². The Hall–Kier alpha value is -3.77. The van der Waals surface area contributed by atoms with Crippen molar-refractivity contribution >= 4 is 23.3 Å². The summed E-state index contributed by atoms with van der Waals surface area (Å²) in [5, 5.41) is 2.91. The maximum absolute atomic E-state index is 13.0. The molecule has 32 heavy (non-hydrogen) atoms. The summed E-state index contributed by atoms with van der Waals surface area (Å²) >= 11 is 0. The third kappa shape index (κ3) is 3.39. The van der Waals surface area contributed by atoms with E-state index in [4.69, 9.17) is 4.74 Å². The summed E-state index contributed by atoms with van der Waals surface area (Å²) in [5.74, 6) is -0.460. The average Bonchev–Trinajstić information content (AvgIpc) is 3.12. The zero-order chi connectivity index (χ0) is 22.2. The molecule has 6 nitrogen and oxygen atoms in total. The zero-order valence-electron chi connectivity index (χ0n) is 17.7. The Morgan fingerprint density at radius 2 is 1.59 bits per heavy atom. The number of nitrogens with one attached hydrogen (secondary N) is 1. The Labute approximate surface area is 185 Å². The molecule has 1 heterocycles. The SMILES string of the molecule is Cc1c(NC(=O)c2ccc3c(c2)C(=O)c2ccccc2-3)cccc1C(=O)N1CCOCC1. The molecule has 1 aliphatic carbocycles. The van der Waals surface area contributed by atoms with E-state index >= 15 is 0 Å². The van der Waals surface area contributed by atoms with Crippen LogP contribution >= 0.6 is 0 Å². The molecule has 0 aromatic heterocycles. The number of fused-ring (bicyclic) bond motifs is 3. The van der Waals surface area contributed by atoms with Crippen LogP contribution in [-0.2, 0) is 4.74 Å². The second-order valence-corrected chi connectivity index (χ2v) is 7.97. The van der Waals surface area contributed by atoms with E-state index in [1.54, 1.807) is 41.3 Å². The minimum absolute atomic E-state index is 0.0669. The molecule has 1 saturated heterocycles. The number of rotatable bonds is 3. The number of amides is 2. The summed E-state index contributed by atoms with van der Waals surface area (Å²) in [4.78, 5) is 40.4. The van der Waals surface area contributed by atoms with Crippen molar-refractivity contribution in [3.8, 4) is 11.1 Å². The van der Waals surface area contributed by atoms with Crippen LogP contribution in [0.25, 0.3) is 11.1 Å². The van der Waals surface area contributed by atoms with Gasteiger partial charge in [-0.15, -0.1) is 0 Å². The summed E-state index contributed by atoms with van der Waals surface area (Å²) in [6.07, 6.45) is 0. The van der Waals surface area contributed by atoms with E-state index < -0.39 is 0 Å². The maximum atomic E-state index is 13.0. The van der Waals surface area contributed by atoms with Gasteiger partial charge in [0.1, 0.15) is 0 Å². The van der Waals surface area contributed by atoms with Gasteiger partial charge in [-0.3, -0.25) is 14.4 Å². The van der Waals surface area contributed by atoms with E-state index in [-0.39, 0.29) is 17.6 Å². The number of anilines is 1. The molecule has 2 amide bonds. The Morgan fingerprint density at radius 1 is 0.875 bits per heavy atom. The van der Waals surface area contributed by atoms with Crippen LogP contribution in [-0.4, -0.2) is 48.8 Å². The van der Waals surface area contributed by atoms with Crippen LogP contribution in [0.4, 0.5) is 5.69 Å². The molecule has 0 spiro atoms. The van der Waals surface area contributed by atoms with Crippen molar-refractivity contribution < 1.29 is 19.1 Å². The van der Waals surface area contributed by atoms with Gasteiger partial charge in [0.15, 0.2) is 5.78 Å². The predicted molar refractivity (Wildman–Crippen MR) is 121 cm³/mol. The fourth-order valence-corrected chi connectivity index (χ4v) is 4.30. The highest BCUT2D eigenvalue weighted by atomic mass is 16.5. The molecule has 1 N–H and O–H groups in total. The van der Waals surface area contributed by atoms with Crippen LogP contribution in [0.15, 0.2) is 60.7 Å². The fourth-order valence-electron chi connectivity index (χ4n) is 4.30. The third-order valence-corrected chi connectivity index (χ3v) is 6.10. The first kappa shape index (κ1) is 20.2. The summed E-state index contributed by atoms with van der Waals surface area (Å²) in [6.45, 7) is 4.00. The van der Waals surface area contributed by atoms with Gasteiger partial charge >= 0.3 is 0 Å². The molecule has 0 saturated carbocycles. The minimum atomic E-state index is -0.323. The number of benzene rings is 3. The second kappa shape index (κ2) is 8.05. The smallest absolute Gasteiger partial charge is 0.255 e. The van der Waals surface area contributed by atoms with E-state index in [1.165, 1.54) is 0 Å². The molecule has 2 aliphatic rings. The normalized spacial score (nSPS) is 14.7. The Kier molecular flexibility index (Phi) is 5.07. The van der Waals surface area contributed by atoms with E-state index in [9.17, 15) is 14.4 Å². The Bertz CT molecular complexity index is 1260. The molecule has 0 radical (unpaired) electrons. The van der Waals surface area contributed by atoms with Crippen molar-refractivity contribution in [1.29, 1.82) is 0 Å². The highest BCUT2D eigenvalue weighted by Crippen LogP contribution is 2.36. The van der Waals surface area contributed by atoms with Gasteiger partial charge in [0.2, 0.25) is 0 Å². The lowest BCUT2D eigenvalue weighted by atomic mass is 10.0. The van der Waals surface area contributed by atoms with Crippen molar-refractivity contribution in [2.45, 2.75) is 6.92 Å². The van der Waals surface area contributed by atoms with E-state index in [0.29, 0.717) is 59.8 Å². The van der Waals surface area contributed by atoms with Gasteiger partial charge in [-0.2, -0.15) is 0 Å². The van der Waals surface area contributed by atoms with E-state index in [2.05, 4.69) is 5.32 Å². The standard InChI is InChI=1S/C26H22N2O4/c1-16-18(26(31)28-11-13-32-14-12-28)7-4-8-23(16)27-25(30)17-9-10-20-19-5-2-3-6-21(19)24(29)22(20)15-17/h2-10,15H,11-14H2,1H3,(H,27,30). The van der Waals surface area contributed by atoms with Gasteiger partial charge in [-0.1, -0.05) is 36.4 Å². The van der Waals surface area contributed by atoms with Gasteiger partial charge in [0, 0.05) is 41.0 Å². The topological polar surface area (TPSA) is 75.7 Å². The van der Waals surface area contributed by atoms with Gasteiger partial charge in [-0.05, 0) is 47.9 Å². The summed E-state index contributed by atoms with van der Waals surface area (Å²) in [6, 6.07) is 18.0. The summed E-state index contributed by atoms with van der Waals surface area (Å²) in [5.41, 5.74) is 5.17. The van der Waals surface area contributed by atoms with Crippen molar-refractivity contribution in [3.05, 3.63) is 88.5 Å². The molecular weight excluding hydrogens is 404 g/mol. The first-order valence-corrected chi connectivity index (χ1v) is 10.6. The lowest BCUT2D eigenvalue weighted by Crippen LogP contribution is -2.41. The number of nitrogens with zero attached hydrogens (tertiary/aromatic N) is 1. The molecule has 5 rings (SSSR count). The van der Waals surface area contributed by atoms with Crippen LogP contribution in [0.5, 0.6) is 0 Å². The monoisotopic (exact) mass is 426 g/mol. The molecule has 1 fully saturated rings. The van der Waals surface area contributed by atoms with Crippen LogP contribution in [0, 0.1) is 6.92 Å². The number of hydrogen-bond donors (Lipinski definition) is 1. The lowest BCUT2D eigenvalue weighted by molar-refractivity contribution is 0.0302. The molecule has 6 heteroatoms. The summed E-state index contributed by atoms with van der Waals surface area (Å²) < 4.78 is 5.33. The summed E-state index contributed by atoms with van der Waals surface area (Å²) in [7, 11) is 0. The number of morpholine rings is 1. The lowest BCUT2D eigenvalue weighted by Gasteiger charge is -2.27. The van der Waals surface area contributed by atoms with Crippen LogP contribution < -0.4 is 5.32 Å². The Balaban J connectivity index is 1.39. The highest BCUT2D eigenvalue weighted by molar-refractivity contribution is 6.22. The van der Waals surface area contributed by atoms with Crippen molar-refractivity contribution in [2.24, 2.45) is 0 Å². The van der Waals surface area contributed by atoms with Gasteiger partial charge in [0.25, 0.3) is 11.8 Å². The molecular formula is C26H22N2O4. The molecule has 0 atom stereocenters. The molecule has 0 unspecified atom stereocenters. The number of carbonyl (C=O) groups excluding carboxylic acids is 3. The predicted octanol–water partition coefficient (Wildman–Crippen LogP) is 3.93. The fraction of sp³-hybridized carbons (Fsp3) is 0.192. The number of ether oxygens (including phenoxy) is 1. The molecule has 3 aromatic rings. The van der Waals surface area contributed by atoms with Crippen LogP contribution in [0.1, 0.15) is 42.2 Å². The maximum Gasteiger partial charge on any atom is 0.255 e. The van der Waals surface area contributed by atoms with Crippen molar-refractivity contribution in [2.75, 3.05) is 31.6 Å². The van der Waals surface area contributed by atoms with E-state index in [0.717, 1.165) is 11.1 Å². The first-order valence-electron chi connectivity index (χ1n) is 10.6. The number of ketones is 1. The minimum Gasteiger partial charge on any atom is -0.378 e. The zero-order valence-corrected chi connectivity index (χ0v) is 17.7. The van der Waals surface area contributed by atoms with Gasteiger partial charge in [0.05, 0.1) is 13.2 Å². The third-order valence-electron chi connectivity index (χ3n) is 6.10. The largest absolute Gasteiger partial charge is 0.378 e. The molecule has 1 aliphatic heterocycles. The van der Waals surface area contributed by atoms with Crippen molar-refractivity contribution in [3.63, 3.8) is 0 Å². The average molecular weight is 426 g/mol. The highest BCUT2D eigenvalue weighted by Gasteiger charge is 2.27. The van der Waals surface area contributed by atoms with Crippen LogP contribution in [0.3, 0.4) is 0 Å². The van der Waals surface area contributed by atoms with Crippen molar-refractivity contribution in [1.82, 2.24) is 4.90 Å². The van der Waals surface area contributed by atoms with E-state index in [1.807, 2.05) is 31.2 Å². The Morgan fingerprint density at radius 3 is 2.38 bits per heavy atom. The molecule has 160 valence electrons. The first-order chi connectivity index (χ1) is 15.5. The van der Waals surface area contributed by atoms with Crippen LogP contribution in [0.2, 0.25) is 0 Å². The quantitative estimate of drug-likeness (QED) is 0.539.